The fourth-order valence-electron chi connectivity index (χ4n) is 1.74. The summed E-state index contributed by atoms with van der Waals surface area (Å²) in [4.78, 5) is 0. The molecule has 0 aliphatic carbocycles. The van der Waals surface area contributed by atoms with Gasteiger partial charge in [-0.1, -0.05) is 18.2 Å². The maximum atomic E-state index is 3.43. The number of fused-ring (bicyclic) bond motifs is 1. The van der Waals surface area contributed by atoms with Crippen LogP contribution in [-0.2, 0) is 6.54 Å². The molecule has 0 spiro atoms. The van der Waals surface area contributed by atoms with E-state index in [1.165, 1.54) is 16.7 Å². The van der Waals surface area contributed by atoms with Crippen LogP contribution >= 0.6 is 0 Å². The Balaban J connectivity index is 2.57. The van der Waals surface area contributed by atoms with Crippen LogP contribution in [0.5, 0.6) is 0 Å². The second-order valence-corrected chi connectivity index (χ2v) is 3.25. The molecule has 1 unspecified atom stereocenters. The van der Waals surface area contributed by atoms with E-state index < -0.39 is 0 Å². The van der Waals surface area contributed by atoms with E-state index in [0.29, 0.717) is 6.04 Å². The van der Waals surface area contributed by atoms with E-state index >= 15 is 0 Å². The lowest BCUT2D eigenvalue weighted by Gasteiger charge is -2.04. The Hall–Kier alpha value is -0.820. The lowest BCUT2D eigenvalue weighted by Crippen LogP contribution is -2.06. The van der Waals surface area contributed by atoms with Crippen LogP contribution in [0, 0.1) is 6.92 Å². The molecule has 1 heterocycles. The number of aryl methyl sites for hydroxylation is 1. The van der Waals surface area contributed by atoms with Crippen LogP contribution in [-0.4, -0.2) is 0 Å². The van der Waals surface area contributed by atoms with E-state index in [4.69, 9.17) is 0 Å². The largest absolute Gasteiger partial charge is 0.306 e. The summed E-state index contributed by atoms with van der Waals surface area (Å²) in [7, 11) is 0. The maximum Gasteiger partial charge on any atom is 0.0298 e. The molecule has 58 valence electrons. The molecule has 1 aromatic rings. The predicted octanol–water partition coefficient (Wildman–Crippen LogP) is 2.16. The van der Waals surface area contributed by atoms with Gasteiger partial charge in [-0.15, -0.1) is 0 Å². The van der Waals surface area contributed by atoms with Crippen LogP contribution in [0.25, 0.3) is 0 Å². The highest BCUT2D eigenvalue weighted by atomic mass is 14.9. The van der Waals surface area contributed by atoms with Gasteiger partial charge in [0, 0.05) is 12.6 Å². The molecule has 0 amide bonds. The van der Waals surface area contributed by atoms with Crippen LogP contribution in [0.3, 0.4) is 0 Å². The molecule has 0 saturated carbocycles. The highest BCUT2D eigenvalue weighted by molar-refractivity contribution is 5.39. The Morgan fingerprint density at radius 2 is 2.27 bits per heavy atom. The van der Waals surface area contributed by atoms with E-state index in [9.17, 15) is 0 Å². The molecule has 0 aromatic heterocycles. The van der Waals surface area contributed by atoms with Gasteiger partial charge in [0.2, 0.25) is 0 Å². The average molecular weight is 147 g/mol. The minimum absolute atomic E-state index is 0.546. The smallest absolute Gasteiger partial charge is 0.0298 e. The van der Waals surface area contributed by atoms with E-state index in [-0.39, 0.29) is 0 Å². The predicted molar refractivity (Wildman–Crippen MR) is 46.4 cm³/mol. The third kappa shape index (κ3) is 0.962. The van der Waals surface area contributed by atoms with Gasteiger partial charge in [0.1, 0.15) is 0 Å². The molecule has 1 nitrogen and oxygen atoms in total. The van der Waals surface area contributed by atoms with Crippen LogP contribution < -0.4 is 5.32 Å². The number of benzene rings is 1. The summed E-state index contributed by atoms with van der Waals surface area (Å²) in [6, 6.07) is 7.08. The summed E-state index contributed by atoms with van der Waals surface area (Å²) in [5, 5.41) is 3.43. The first-order valence-corrected chi connectivity index (χ1v) is 4.11. The van der Waals surface area contributed by atoms with Gasteiger partial charge in [0.25, 0.3) is 0 Å². The fraction of sp³-hybridized carbons (Fsp3) is 0.400. The van der Waals surface area contributed by atoms with Crippen molar-refractivity contribution in [1.82, 2.24) is 5.32 Å². The lowest BCUT2D eigenvalue weighted by molar-refractivity contribution is 0.633. The van der Waals surface area contributed by atoms with Crippen LogP contribution in [0.2, 0.25) is 0 Å². The molecular weight excluding hydrogens is 134 g/mol. The van der Waals surface area contributed by atoms with Gasteiger partial charge in [0.05, 0.1) is 0 Å². The van der Waals surface area contributed by atoms with Crippen molar-refractivity contribution >= 4 is 0 Å². The molecule has 0 radical (unpaired) electrons. The van der Waals surface area contributed by atoms with Crippen LogP contribution in [0.1, 0.15) is 29.7 Å². The molecule has 1 N–H and O–H groups in total. The monoisotopic (exact) mass is 147 g/mol. The van der Waals surface area contributed by atoms with Gasteiger partial charge >= 0.3 is 0 Å². The van der Waals surface area contributed by atoms with Crippen molar-refractivity contribution in [3.63, 3.8) is 0 Å². The van der Waals surface area contributed by atoms with Gasteiger partial charge in [0.15, 0.2) is 0 Å². The number of nitrogens with one attached hydrogen (secondary N) is 1. The summed E-state index contributed by atoms with van der Waals surface area (Å²) in [5.74, 6) is 0. The quantitative estimate of drug-likeness (QED) is 0.593. The molecule has 1 heteroatoms. The van der Waals surface area contributed by atoms with Crippen molar-refractivity contribution in [2.45, 2.75) is 26.4 Å². The summed E-state index contributed by atoms with van der Waals surface area (Å²) in [5.41, 5.74) is 4.39. The first-order chi connectivity index (χ1) is 5.29. The minimum atomic E-state index is 0.546. The fourth-order valence-corrected chi connectivity index (χ4v) is 1.74. The molecule has 0 fully saturated rings. The number of rotatable bonds is 0. The maximum absolute atomic E-state index is 3.43. The van der Waals surface area contributed by atoms with Crippen molar-refractivity contribution in [2.75, 3.05) is 0 Å². The summed E-state index contributed by atoms with van der Waals surface area (Å²) < 4.78 is 0. The zero-order valence-corrected chi connectivity index (χ0v) is 7.02. The van der Waals surface area contributed by atoms with Crippen molar-refractivity contribution in [3.05, 3.63) is 34.9 Å². The van der Waals surface area contributed by atoms with Crippen molar-refractivity contribution in [2.24, 2.45) is 0 Å². The van der Waals surface area contributed by atoms with E-state index in [0.717, 1.165) is 6.54 Å². The summed E-state index contributed by atoms with van der Waals surface area (Å²) >= 11 is 0. The van der Waals surface area contributed by atoms with E-state index in [1.807, 2.05) is 0 Å². The SMILES string of the molecule is Cc1cccc2c1CNC2C. The highest BCUT2D eigenvalue weighted by Crippen LogP contribution is 2.26. The topological polar surface area (TPSA) is 12.0 Å². The Morgan fingerprint density at radius 3 is 3.00 bits per heavy atom. The normalized spacial score (nSPS) is 21.8. The zero-order valence-electron chi connectivity index (χ0n) is 7.02. The molecule has 0 saturated heterocycles. The second-order valence-electron chi connectivity index (χ2n) is 3.25. The first kappa shape index (κ1) is 6.86. The lowest BCUT2D eigenvalue weighted by atomic mass is 10.0. The van der Waals surface area contributed by atoms with Crippen molar-refractivity contribution < 1.29 is 0 Å². The Kier molecular flexibility index (Phi) is 1.46. The van der Waals surface area contributed by atoms with Gasteiger partial charge in [-0.2, -0.15) is 0 Å². The van der Waals surface area contributed by atoms with Gasteiger partial charge < -0.3 is 5.32 Å². The van der Waals surface area contributed by atoms with E-state index in [2.05, 4.69) is 37.4 Å². The zero-order chi connectivity index (χ0) is 7.84. The van der Waals surface area contributed by atoms with Crippen molar-refractivity contribution in [3.8, 4) is 0 Å². The summed E-state index contributed by atoms with van der Waals surface area (Å²) in [6.45, 7) is 5.44. The van der Waals surface area contributed by atoms with Gasteiger partial charge in [-0.3, -0.25) is 0 Å². The van der Waals surface area contributed by atoms with Crippen LogP contribution in [0.15, 0.2) is 18.2 Å². The molecule has 1 atom stereocenters. The standard InChI is InChI=1S/C10H13N/c1-7-4-3-5-9-8(2)11-6-10(7)9/h3-5,8,11H,6H2,1-2H3. The first-order valence-electron chi connectivity index (χ1n) is 4.11. The Labute approximate surface area is 67.4 Å². The minimum Gasteiger partial charge on any atom is -0.306 e. The van der Waals surface area contributed by atoms with E-state index in [1.54, 1.807) is 0 Å². The third-order valence-electron chi connectivity index (χ3n) is 2.50. The van der Waals surface area contributed by atoms with Gasteiger partial charge in [-0.25, -0.2) is 0 Å². The molecule has 0 bridgehead atoms. The van der Waals surface area contributed by atoms with Gasteiger partial charge in [-0.05, 0) is 30.5 Å². The number of hydrogen-bond donors (Lipinski definition) is 1. The highest BCUT2D eigenvalue weighted by Gasteiger charge is 2.17. The summed E-state index contributed by atoms with van der Waals surface area (Å²) in [6.07, 6.45) is 0. The second kappa shape index (κ2) is 2.35. The Morgan fingerprint density at radius 1 is 1.45 bits per heavy atom. The molecule has 1 aliphatic heterocycles. The Bertz CT molecular complexity index is 278. The molecule has 2 rings (SSSR count). The molecular formula is C10H13N. The van der Waals surface area contributed by atoms with Crippen LogP contribution in [0.4, 0.5) is 0 Å². The number of hydrogen-bond acceptors (Lipinski definition) is 1. The third-order valence-corrected chi connectivity index (χ3v) is 2.50. The molecule has 1 aliphatic rings. The average Bonchev–Trinajstić information content (AvgIpc) is 2.35. The van der Waals surface area contributed by atoms with Crippen molar-refractivity contribution in [1.29, 1.82) is 0 Å². The molecule has 1 aromatic carbocycles. The molecule has 11 heavy (non-hydrogen) atoms.